The highest BCUT2D eigenvalue weighted by Crippen LogP contribution is 2.44. The van der Waals surface area contributed by atoms with Crippen molar-refractivity contribution in [2.24, 2.45) is 5.92 Å². The number of rotatable bonds is 1. The predicted octanol–water partition coefficient (Wildman–Crippen LogP) is 2.98. The van der Waals surface area contributed by atoms with Gasteiger partial charge in [-0.1, -0.05) is 20.8 Å². The first-order valence-corrected chi connectivity index (χ1v) is 5.87. The van der Waals surface area contributed by atoms with Crippen LogP contribution in [0.4, 0.5) is 0 Å². The molecule has 0 saturated heterocycles. The molecule has 0 amide bonds. The third-order valence-electron chi connectivity index (χ3n) is 3.55. The quantitative estimate of drug-likeness (QED) is 0.794. The van der Waals surface area contributed by atoms with Crippen LogP contribution < -0.4 is 5.63 Å². The van der Waals surface area contributed by atoms with Crippen molar-refractivity contribution >= 4 is 0 Å². The lowest BCUT2D eigenvalue weighted by Crippen LogP contribution is -2.19. The largest absolute Gasteiger partial charge is 0.507 e. The minimum absolute atomic E-state index is 0.101. The summed E-state index contributed by atoms with van der Waals surface area (Å²) in [5.74, 6) is 1.76. The molecule has 1 aliphatic carbocycles. The van der Waals surface area contributed by atoms with Gasteiger partial charge in [0.2, 0.25) is 0 Å². The number of hydrogen-bond acceptors (Lipinski definition) is 3. The van der Waals surface area contributed by atoms with E-state index in [1.807, 2.05) is 0 Å². The average Bonchev–Trinajstić information content (AvgIpc) is 2.15. The summed E-state index contributed by atoms with van der Waals surface area (Å²) < 4.78 is 5.31. The van der Waals surface area contributed by atoms with Crippen LogP contribution in [0.25, 0.3) is 0 Å². The van der Waals surface area contributed by atoms with Gasteiger partial charge >= 0.3 is 5.63 Å². The van der Waals surface area contributed by atoms with Crippen molar-refractivity contribution in [1.29, 1.82) is 0 Å². The second-order valence-corrected chi connectivity index (χ2v) is 5.06. The van der Waals surface area contributed by atoms with Crippen LogP contribution in [0.15, 0.2) is 15.3 Å². The van der Waals surface area contributed by atoms with Crippen molar-refractivity contribution in [2.45, 2.75) is 45.4 Å². The van der Waals surface area contributed by atoms with E-state index in [2.05, 4.69) is 20.8 Å². The second-order valence-electron chi connectivity index (χ2n) is 5.06. The summed E-state index contributed by atoms with van der Waals surface area (Å²) in [4.78, 5) is 11.3. The van der Waals surface area contributed by atoms with Crippen LogP contribution in [-0.4, -0.2) is 5.11 Å². The SMILES string of the molecule is CC1CCC(C(C)C)c2oc(=O)cc(O)c21. The molecule has 1 aliphatic rings. The maximum atomic E-state index is 11.3. The highest BCUT2D eigenvalue weighted by atomic mass is 16.4. The zero-order valence-corrected chi connectivity index (χ0v) is 9.99. The molecule has 2 rings (SSSR count). The molecule has 2 atom stereocenters. The Morgan fingerprint density at radius 2 is 2.12 bits per heavy atom. The van der Waals surface area contributed by atoms with Gasteiger partial charge in [0.1, 0.15) is 11.5 Å². The van der Waals surface area contributed by atoms with Gasteiger partial charge in [0, 0.05) is 11.5 Å². The summed E-state index contributed by atoms with van der Waals surface area (Å²) in [7, 11) is 0. The topological polar surface area (TPSA) is 50.4 Å². The van der Waals surface area contributed by atoms with E-state index in [9.17, 15) is 9.90 Å². The molecule has 0 saturated carbocycles. The van der Waals surface area contributed by atoms with E-state index < -0.39 is 5.63 Å². The molecule has 3 heteroatoms. The van der Waals surface area contributed by atoms with Gasteiger partial charge in [0.25, 0.3) is 0 Å². The Bertz CT molecular complexity index is 445. The van der Waals surface area contributed by atoms with Crippen molar-refractivity contribution in [2.75, 3.05) is 0 Å². The number of fused-ring (bicyclic) bond motifs is 1. The molecule has 2 unspecified atom stereocenters. The van der Waals surface area contributed by atoms with E-state index in [0.717, 1.165) is 18.4 Å². The lowest BCUT2D eigenvalue weighted by atomic mass is 9.76. The Morgan fingerprint density at radius 1 is 1.44 bits per heavy atom. The fraction of sp³-hybridized carbons (Fsp3) is 0.615. The molecule has 1 heterocycles. The van der Waals surface area contributed by atoms with E-state index in [0.29, 0.717) is 11.7 Å². The van der Waals surface area contributed by atoms with Gasteiger partial charge in [-0.05, 0) is 24.7 Å². The zero-order chi connectivity index (χ0) is 11.9. The minimum atomic E-state index is -0.448. The van der Waals surface area contributed by atoms with Crippen LogP contribution in [-0.2, 0) is 0 Å². The van der Waals surface area contributed by atoms with Gasteiger partial charge in [0.15, 0.2) is 0 Å². The Kier molecular flexibility index (Phi) is 2.78. The molecule has 0 aromatic carbocycles. The van der Waals surface area contributed by atoms with Gasteiger partial charge in [-0.3, -0.25) is 0 Å². The van der Waals surface area contributed by atoms with E-state index >= 15 is 0 Å². The van der Waals surface area contributed by atoms with Gasteiger partial charge < -0.3 is 9.52 Å². The first kappa shape index (κ1) is 11.2. The van der Waals surface area contributed by atoms with Crippen LogP contribution in [0.3, 0.4) is 0 Å². The van der Waals surface area contributed by atoms with E-state index in [1.165, 1.54) is 6.07 Å². The molecule has 0 spiro atoms. The second kappa shape index (κ2) is 3.96. The number of hydrogen-bond donors (Lipinski definition) is 1. The molecule has 0 fully saturated rings. The summed E-state index contributed by atoms with van der Waals surface area (Å²) >= 11 is 0. The molecule has 16 heavy (non-hydrogen) atoms. The van der Waals surface area contributed by atoms with Crippen LogP contribution >= 0.6 is 0 Å². The number of aromatic hydroxyl groups is 1. The maximum absolute atomic E-state index is 11.3. The monoisotopic (exact) mass is 222 g/mol. The smallest absolute Gasteiger partial charge is 0.339 e. The van der Waals surface area contributed by atoms with E-state index in [-0.39, 0.29) is 17.6 Å². The van der Waals surface area contributed by atoms with Crippen LogP contribution in [0, 0.1) is 5.92 Å². The highest BCUT2D eigenvalue weighted by Gasteiger charge is 2.31. The van der Waals surface area contributed by atoms with Gasteiger partial charge in [-0.15, -0.1) is 0 Å². The van der Waals surface area contributed by atoms with Crippen molar-refractivity contribution in [1.82, 2.24) is 0 Å². The standard InChI is InChI=1S/C13H18O3/c1-7(2)9-5-4-8(3)12-10(14)6-11(15)16-13(9)12/h6-9,14H,4-5H2,1-3H3. The maximum Gasteiger partial charge on any atom is 0.339 e. The molecule has 88 valence electrons. The first-order valence-electron chi connectivity index (χ1n) is 5.87. The van der Waals surface area contributed by atoms with Crippen LogP contribution in [0.1, 0.15) is 56.8 Å². The zero-order valence-electron chi connectivity index (χ0n) is 9.99. The minimum Gasteiger partial charge on any atom is -0.507 e. The summed E-state index contributed by atoms with van der Waals surface area (Å²) in [6, 6.07) is 1.18. The van der Waals surface area contributed by atoms with E-state index in [4.69, 9.17) is 4.42 Å². The summed E-state index contributed by atoms with van der Waals surface area (Å²) in [6.07, 6.45) is 2.06. The Morgan fingerprint density at radius 3 is 2.75 bits per heavy atom. The highest BCUT2D eigenvalue weighted by molar-refractivity contribution is 5.39. The van der Waals surface area contributed by atoms with Gasteiger partial charge in [-0.25, -0.2) is 4.79 Å². The van der Waals surface area contributed by atoms with Crippen molar-refractivity contribution in [3.63, 3.8) is 0 Å². The van der Waals surface area contributed by atoms with Gasteiger partial charge in [-0.2, -0.15) is 0 Å². The van der Waals surface area contributed by atoms with Crippen LogP contribution in [0.5, 0.6) is 5.75 Å². The third kappa shape index (κ3) is 1.75. The Labute approximate surface area is 95.1 Å². The third-order valence-corrected chi connectivity index (χ3v) is 3.55. The fourth-order valence-corrected chi connectivity index (χ4v) is 2.62. The van der Waals surface area contributed by atoms with Crippen LogP contribution in [0.2, 0.25) is 0 Å². The normalized spacial score (nSPS) is 24.5. The van der Waals surface area contributed by atoms with Crippen molar-refractivity contribution in [3.05, 3.63) is 27.8 Å². The molecule has 1 aromatic heterocycles. The summed E-state index contributed by atoms with van der Waals surface area (Å²) in [5.41, 5.74) is 0.389. The Balaban J connectivity index is 2.61. The fourth-order valence-electron chi connectivity index (χ4n) is 2.62. The molecular formula is C13H18O3. The summed E-state index contributed by atoms with van der Waals surface area (Å²) in [5, 5.41) is 9.85. The lowest BCUT2D eigenvalue weighted by Gasteiger charge is -2.30. The summed E-state index contributed by atoms with van der Waals surface area (Å²) in [6.45, 7) is 6.30. The average molecular weight is 222 g/mol. The molecule has 0 bridgehead atoms. The molecule has 0 radical (unpaired) electrons. The molecule has 1 N–H and O–H groups in total. The molecule has 3 nitrogen and oxygen atoms in total. The van der Waals surface area contributed by atoms with E-state index in [1.54, 1.807) is 0 Å². The van der Waals surface area contributed by atoms with Gasteiger partial charge in [0.05, 0.1) is 6.07 Å². The lowest BCUT2D eigenvalue weighted by molar-refractivity contribution is 0.303. The Hall–Kier alpha value is -1.25. The predicted molar refractivity (Wildman–Crippen MR) is 61.9 cm³/mol. The van der Waals surface area contributed by atoms with Crippen molar-refractivity contribution in [3.8, 4) is 5.75 Å². The first-order chi connectivity index (χ1) is 7.50. The molecule has 0 aliphatic heterocycles. The van der Waals surface area contributed by atoms with Crippen molar-refractivity contribution < 1.29 is 9.52 Å². The molecular weight excluding hydrogens is 204 g/mol. The molecule has 1 aromatic rings.